The Balaban J connectivity index is 1.53. The van der Waals surface area contributed by atoms with Crippen molar-refractivity contribution in [2.24, 2.45) is 0 Å². The minimum atomic E-state index is -0.334. The molecule has 2 heterocycles. The first-order chi connectivity index (χ1) is 8.24. The average molecular weight is 254 g/mol. The van der Waals surface area contributed by atoms with E-state index in [1.165, 1.54) is 24.6 Å². The zero-order valence-corrected chi connectivity index (χ0v) is 10.1. The van der Waals surface area contributed by atoms with Crippen molar-refractivity contribution in [3.63, 3.8) is 0 Å². The molecular weight excluding hydrogens is 240 g/mol. The van der Waals surface area contributed by atoms with Crippen molar-refractivity contribution in [3.8, 4) is 0 Å². The van der Waals surface area contributed by atoms with Crippen LogP contribution >= 0.6 is 11.8 Å². The molecular formula is C10H14N4O2S. The molecule has 6 nitrogen and oxygen atoms in total. The minimum absolute atomic E-state index is 0.0608. The largest absolute Gasteiger partial charge is 0.389 e. The van der Waals surface area contributed by atoms with E-state index in [0.29, 0.717) is 24.9 Å². The Morgan fingerprint density at radius 1 is 1.53 bits per heavy atom. The van der Waals surface area contributed by atoms with Gasteiger partial charge in [-0.3, -0.25) is 4.79 Å². The number of likely N-dealkylation sites (tertiary alicyclic amines) is 1. The van der Waals surface area contributed by atoms with Crippen molar-refractivity contribution in [2.45, 2.75) is 30.1 Å². The molecule has 17 heavy (non-hydrogen) atoms. The Morgan fingerprint density at radius 3 is 2.94 bits per heavy atom. The third-order valence-electron chi connectivity index (χ3n) is 3.02. The summed E-state index contributed by atoms with van der Waals surface area (Å²) in [6, 6.07) is 0.536. The van der Waals surface area contributed by atoms with Crippen LogP contribution in [0.1, 0.15) is 18.9 Å². The number of aromatic nitrogens is 3. The maximum Gasteiger partial charge on any atom is 0.233 e. The molecule has 1 N–H and O–H groups in total. The summed E-state index contributed by atoms with van der Waals surface area (Å²) in [7, 11) is 0. The Hall–Kier alpha value is -1.08. The number of carbonyl (C=O) groups excluding carboxylic acids is 1. The molecule has 1 aliphatic heterocycles. The minimum Gasteiger partial charge on any atom is -0.389 e. The SMILES string of the molecule is O=C(CSc1nncn1C1CC1)N1CC(O)C1. The lowest BCUT2D eigenvalue weighted by molar-refractivity contribution is -0.138. The van der Waals surface area contributed by atoms with Crippen LogP contribution in [0.4, 0.5) is 0 Å². The normalized spacial score (nSPS) is 20.4. The molecule has 0 atom stereocenters. The van der Waals surface area contributed by atoms with Gasteiger partial charge in [0.2, 0.25) is 5.91 Å². The number of hydrogen-bond donors (Lipinski definition) is 1. The zero-order chi connectivity index (χ0) is 11.8. The van der Waals surface area contributed by atoms with Crippen molar-refractivity contribution in [1.82, 2.24) is 19.7 Å². The van der Waals surface area contributed by atoms with Gasteiger partial charge in [0.05, 0.1) is 11.9 Å². The van der Waals surface area contributed by atoms with E-state index < -0.39 is 0 Å². The lowest BCUT2D eigenvalue weighted by atomic mass is 10.2. The summed E-state index contributed by atoms with van der Waals surface area (Å²) < 4.78 is 2.04. The van der Waals surface area contributed by atoms with Gasteiger partial charge in [0, 0.05) is 19.1 Å². The predicted molar refractivity (Wildman–Crippen MR) is 61.6 cm³/mol. The van der Waals surface area contributed by atoms with Crippen LogP contribution in [0, 0.1) is 0 Å². The predicted octanol–water partition coefficient (Wildman–Crippen LogP) is -0.0918. The van der Waals surface area contributed by atoms with E-state index in [2.05, 4.69) is 10.2 Å². The lowest BCUT2D eigenvalue weighted by Gasteiger charge is -2.35. The van der Waals surface area contributed by atoms with Crippen LogP contribution in [0.15, 0.2) is 11.5 Å². The Bertz CT molecular complexity index is 426. The maximum absolute atomic E-state index is 11.7. The molecule has 1 saturated carbocycles. The van der Waals surface area contributed by atoms with Gasteiger partial charge >= 0.3 is 0 Å². The summed E-state index contributed by atoms with van der Waals surface area (Å²) in [6.45, 7) is 0.934. The van der Waals surface area contributed by atoms with Crippen LogP contribution in [-0.2, 0) is 4.79 Å². The smallest absolute Gasteiger partial charge is 0.233 e. The number of carbonyl (C=O) groups is 1. The summed E-state index contributed by atoms with van der Waals surface area (Å²) >= 11 is 1.43. The van der Waals surface area contributed by atoms with Gasteiger partial charge in [-0.1, -0.05) is 11.8 Å². The number of amides is 1. The van der Waals surface area contributed by atoms with E-state index in [4.69, 9.17) is 5.11 Å². The molecule has 2 fully saturated rings. The Morgan fingerprint density at radius 2 is 2.29 bits per heavy atom. The van der Waals surface area contributed by atoms with E-state index in [0.717, 1.165) is 5.16 Å². The molecule has 1 aliphatic carbocycles. The first-order valence-electron chi connectivity index (χ1n) is 5.72. The van der Waals surface area contributed by atoms with Crippen LogP contribution in [-0.4, -0.2) is 55.6 Å². The Labute approximate surface area is 103 Å². The molecule has 0 spiro atoms. The molecule has 0 bridgehead atoms. The maximum atomic E-state index is 11.7. The average Bonchev–Trinajstić information content (AvgIpc) is 3.01. The highest BCUT2D eigenvalue weighted by Crippen LogP contribution is 2.37. The van der Waals surface area contributed by atoms with E-state index >= 15 is 0 Å². The number of hydrogen-bond acceptors (Lipinski definition) is 5. The Kier molecular flexibility index (Phi) is 2.79. The number of β-amino-alcohol motifs (C(OH)–C–C–N with tert-alkyl or cyclic N) is 1. The summed E-state index contributed by atoms with van der Waals surface area (Å²) in [5.74, 6) is 0.434. The molecule has 1 saturated heterocycles. The number of rotatable bonds is 4. The molecule has 0 aromatic carbocycles. The molecule has 0 radical (unpaired) electrons. The van der Waals surface area contributed by atoms with Crippen LogP contribution < -0.4 is 0 Å². The van der Waals surface area contributed by atoms with Gasteiger partial charge in [-0.2, -0.15) is 0 Å². The molecule has 2 aliphatic rings. The van der Waals surface area contributed by atoms with Crippen LogP contribution in [0.2, 0.25) is 0 Å². The summed E-state index contributed by atoms with van der Waals surface area (Å²) in [6.07, 6.45) is 3.76. The van der Waals surface area contributed by atoms with Crippen molar-refractivity contribution < 1.29 is 9.90 Å². The molecule has 1 aromatic heterocycles. The van der Waals surface area contributed by atoms with Gasteiger partial charge < -0.3 is 14.6 Å². The first kappa shape index (κ1) is 11.0. The van der Waals surface area contributed by atoms with Crippen LogP contribution in [0.5, 0.6) is 0 Å². The lowest BCUT2D eigenvalue weighted by Crippen LogP contribution is -2.54. The van der Waals surface area contributed by atoms with Crippen LogP contribution in [0.25, 0.3) is 0 Å². The highest BCUT2D eigenvalue weighted by atomic mass is 32.2. The topological polar surface area (TPSA) is 71.2 Å². The fourth-order valence-corrected chi connectivity index (χ4v) is 2.70. The van der Waals surface area contributed by atoms with Crippen molar-refractivity contribution >= 4 is 17.7 Å². The number of aliphatic hydroxyl groups excluding tert-OH is 1. The molecule has 0 unspecified atom stereocenters. The monoisotopic (exact) mass is 254 g/mol. The molecule has 92 valence electrons. The second-order valence-corrected chi connectivity index (χ2v) is 5.44. The zero-order valence-electron chi connectivity index (χ0n) is 9.32. The van der Waals surface area contributed by atoms with Gasteiger partial charge in [0.1, 0.15) is 6.33 Å². The van der Waals surface area contributed by atoms with E-state index in [1.54, 1.807) is 11.2 Å². The summed E-state index contributed by atoms with van der Waals surface area (Å²) in [5.41, 5.74) is 0. The van der Waals surface area contributed by atoms with Gasteiger partial charge in [-0.15, -0.1) is 10.2 Å². The van der Waals surface area contributed by atoms with Gasteiger partial charge in [-0.25, -0.2) is 0 Å². The summed E-state index contributed by atoms with van der Waals surface area (Å²) in [5, 5.41) is 17.8. The first-order valence-corrected chi connectivity index (χ1v) is 6.71. The van der Waals surface area contributed by atoms with Gasteiger partial charge in [0.25, 0.3) is 0 Å². The molecule has 3 rings (SSSR count). The summed E-state index contributed by atoms with van der Waals surface area (Å²) in [4.78, 5) is 13.4. The second-order valence-electron chi connectivity index (χ2n) is 4.49. The fraction of sp³-hybridized carbons (Fsp3) is 0.700. The van der Waals surface area contributed by atoms with Crippen molar-refractivity contribution in [3.05, 3.63) is 6.33 Å². The highest BCUT2D eigenvalue weighted by Gasteiger charge is 2.30. The standard InChI is InChI=1S/C10H14N4O2S/c15-8-3-13(4-8)9(16)5-17-10-12-11-6-14(10)7-1-2-7/h6-8,15H,1-5H2. The number of nitrogens with zero attached hydrogens (tertiary/aromatic N) is 4. The van der Waals surface area contributed by atoms with Crippen molar-refractivity contribution in [1.29, 1.82) is 0 Å². The number of aliphatic hydroxyl groups is 1. The van der Waals surface area contributed by atoms with Gasteiger partial charge in [-0.05, 0) is 12.8 Å². The third-order valence-corrected chi connectivity index (χ3v) is 3.96. The number of thioether (sulfide) groups is 1. The highest BCUT2D eigenvalue weighted by molar-refractivity contribution is 7.99. The quantitative estimate of drug-likeness (QED) is 0.760. The van der Waals surface area contributed by atoms with Gasteiger partial charge in [0.15, 0.2) is 5.16 Å². The van der Waals surface area contributed by atoms with Crippen LogP contribution in [0.3, 0.4) is 0 Å². The van der Waals surface area contributed by atoms with Crippen molar-refractivity contribution in [2.75, 3.05) is 18.8 Å². The van der Waals surface area contributed by atoms with E-state index in [1.807, 2.05) is 4.57 Å². The third kappa shape index (κ3) is 2.30. The molecule has 1 aromatic rings. The fourth-order valence-electron chi connectivity index (χ4n) is 1.81. The van der Waals surface area contributed by atoms with E-state index in [-0.39, 0.29) is 12.0 Å². The molecule has 1 amide bonds. The van der Waals surface area contributed by atoms with E-state index in [9.17, 15) is 4.79 Å². The second kappa shape index (κ2) is 4.30. The molecule has 7 heteroatoms.